The summed E-state index contributed by atoms with van der Waals surface area (Å²) in [5, 5.41) is 0. The minimum atomic E-state index is 0.0262. The van der Waals surface area contributed by atoms with Crippen molar-refractivity contribution in [2.24, 2.45) is 0 Å². The van der Waals surface area contributed by atoms with Gasteiger partial charge in [-0.3, -0.25) is 9.78 Å². The average Bonchev–Trinajstić information content (AvgIpc) is 2.63. The largest absolute Gasteiger partial charge is 0.330 e. The van der Waals surface area contributed by atoms with Gasteiger partial charge in [0.25, 0.3) is 5.91 Å². The molecule has 0 spiro atoms. The third kappa shape index (κ3) is 4.04. The number of nitrogens with zero attached hydrogens (tertiary/aromatic N) is 2. The van der Waals surface area contributed by atoms with Crippen molar-refractivity contribution >= 4 is 5.91 Å². The Kier molecular flexibility index (Phi) is 4.79. The molecule has 0 aliphatic heterocycles. The predicted octanol–water partition coefficient (Wildman–Crippen LogP) is 3.92. The van der Waals surface area contributed by atoms with Crippen LogP contribution < -0.4 is 0 Å². The smallest absolute Gasteiger partial charge is 0.254 e. The van der Waals surface area contributed by atoms with E-state index in [1.165, 1.54) is 0 Å². The van der Waals surface area contributed by atoms with E-state index in [0.29, 0.717) is 18.7 Å². The highest BCUT2D eigenvalue weighted by molar-refractivity contribution is 5.94. The van der Waals surface area contributed by atoms with E-state index in [0.717, 1.165) is 11.1 Å². The molecular formula is C20H18N2O. The summed E-state index contributed by atoms with van der Waals surface area (Å²) in [6.45, 7) is 1.11. The summed E-state index contributed by atoms with van der Waals surface area (Å²) in [6, 6.07) is 23.3. The fourth-order valence-electron chi connectivity index (χ4n) is 2.48. The van der Waals surface area contributed by atoms with E-state index in [1.54, 1.807) is 12.4 Å². The van der Waals surface area contributed by atoms with Crippen LogP contribution in [0.15, 0.2) is 85.2 Å². The zero-order valence-electron chi connectivity index (χ0n) is 12.8. The zero-order valence-corrected chi connectivity index (χ0v) is 12.8. The molecule has 0 N–H and O–H groups in total. The normalized spacial score (nSPS) is 10.3. The molecule has 1 amide bonds. The van der Waals surface area contributed by atoms with E-state index in [9.17, 15) is 4.79 Å². The molecule has 0 saturated heterocycles. The van der Waals surface area contributed by atoms with Gasteiger partial charge in [0.05, 0.1) is 0 Å². The van der Waals surface area contributed by atoms with E-state index in [-0.39, 0.29) is 5.91 Å². The average molecular weight is 302 g/mol. The van der Waals surface area contributed by atoms with Gasteiger partial charge in [0, 0.05) is 31.0 Å². The summed E-state index contributed by atoms with van der Waals surface area (Å²) in [4.78, 5) is 18.8. The number of pyridine rings is 1. The van der Waals surface area contributed by atoms with Crippen molar-refractivity contribution in [1.82, 2.24) is 9.88 Å². The quantitative estimate of drug-likeness (QED) is 0.715. The summed E-state index contributed by atoms with van der Waals surface area (Å²) in [6.07, 6.45) is 3.54. The third-order valence-electron chi connectivity index (χ3n) is 3.62. The summed E-state index contributed by atoms with van der Waals surface area (Å²) in [7, 11) is 0. The van der Waals surface area contributed by atoms with Gasteiger partial charge >= 0.3 is 0 Å². The molecule has 1 aromatic heterocycles. The zero-order chi connectivity index (χ0) is 15.9. The molecule has 0 aliphatic rings. The summed E-state index contributed by atoms with van der Waals surface area (Å²) >= 11 is 0. The highest BCUT2D eigenvalue weighted by atomic mass is 16.2. The maximum Gasteiger partial charge on any atom is 0.254 e. The monoisotopic (exact) mass is 302 g/mol. The standard InChI is InChI=1S/C20H18N2O/c23-20(19-11-5-2-6-12-19)22(15-17-8-3-1-4-9-17)16-18-10-7-13-21-14-18/h1-14H,15-16H2. The van der Waals surface area contributed by atoms with Crippen molar-refractivity contribution in [1.29, 1.82) is 0 Å². The second-order valence-electron chi connectivity index (χ2n) is 5.37. The minimum Gasteiger partial charge on any atom is -0.330 e. The molecule has 3 aromatic rings. The molecule has 23 heavy (non-hydrogen) atoms. The van der Waals surface area contributed by atoms with Crippen LogP contribution >= 0.6 is 0 Å². The van der Waals surface area contributed by atoms with Crippen LogP contribution in [0.1, 0.15) is 21.5 Å². The molecule has 3 rings (SSSR count). The van der Waals surface area contributed by atoms with E-state index >= 15 is 0 Å². The highest BCUT2D eigenvalue weighted by Gasteiger charge is 2.16. The van der Waals surface area contributed by atoms with Gasteiger partial charge in [-0.2, -0.15) is 0 Å². The Bertz CT molecular complexity index is 701. The van der Waals surface area contributed by atoms with Crippen LogP contribution in [-0.4, -0.2) is 15.8 Å². The van der Waals surface area contributed by atoms with Crippen LogP contribution in [0.5, 0.6) is 0 Å². The molecule has 3 nitrogen and oxygen atoms in total. The summed E-state index contributed by atoms with van der Waals surface area (Å²) in [5.74, 6) is 0.0262. The lowest BCUT2D eigenvalue weighted by Crippen LogP contribution is -2.30. The first-order chi connectivity index (χ1) is 11.3. The molecule has 1 heterocycles. The molecule has 0 radical (unpaired) electrons. The van der Waals surface area contributed by atoms with Crippen LogP contribution in [-0.2, 0) is 13.1 Å². The van der Waals surface area contributed by atoms with Gasteiger partial charge in [0.1, 0.15) is 0 Å². The number of carbonyl (C=O) groups is 1. The van der Waals surface area contributed by atoms with Crippen molar-refractivity contribution in [3.63, 3.8) is 0 Å². The van der Waals surface area contributed by atoms with E-state index in [1.807, 2.05) is 77.7 Å². The fourth-order valence-corrected chi connectivity index (χ4v) is 2.48. The Morgan fingerprint density at radius 2 is 1.39 bits per heavy atom. The molecule has 114 valence electrons. The van der Waals surface area contributed by atoms with Crippen molar-refractivity contribution in [3.05, 3.63) is 102 Å². The lowest BCUT2D eigenvalue weighted by atomic mass is 10.1. The number of hydrogen-bond acceptors (Lipinski definition) is 2. The SMILES string of the molecule is O=C(c1ccccc1)N(Cc1ccccc1)Cc1cccnc1. The number of hydrogen-bond donors (Lipinski definition) is 0. The molecule has 0 unspecified atom stereocenters. The number of aromatic nitrogens is 1. The third-order valence-corrected chi connectivity index (χ3v) is 3.62. The molecule has 0 bridgehead atoms. The molecular weight excluding hydrogens is 284 g/mol. The van der Waals surface area contributed by atoms with Crippen LogP contribution in [0.3, 0.4) is 0 Å². The Hall–Kier alpha value is -2.94. The first-order valence-corrected chi connectivity index (χ1v) is 7.60. The lowest BCUT2D eigenvalue weighted by molar-refractivity contribution is 0.0730. The fraction of sp³-hybridized carbons (Fsp3) is 0.100. The van der Waals surface area contributed by atoms with E-state index in [2.05, 4.69) is 4.98 Å². The molecule has 2 aromatic carbocycles. The number of benzene rings is 2. The van der Waals surface area contributed by atoms with Gasteiger partial charge in [-0.25, -0.2) is 0 Å². The van der Waals surface area contributed by atoms with Gasteiger partial charge in [-0.15, -0.1) is 0 Å². The van der Waals surface area contributed by atoms with Gasteiger partial charge < -0.3 is 4.90 Å². The van der Waals surface area contributed by atoms with Gasteiger partial charge in [0.15, 0.2) is 0 Å². The maximum atomic E-state index is 12.9. The van der Waals surface area contributed by atoms with E-state index in [4.69, 9.17) is 0 Å². The van der Waals surface area contributed by atoms with E-state index < -0.39 is 0 Å². The lowest BCUT2D eigenvalue weighted by Gasteiger charge is -2.23. The summed E-state index contributed by atoms with van der Waals surface area (Å²) in [5.41, 5.74) is 2.83. The van der Waals surface area contributed by atoms with Crippen molar-refractivity contribution in [3.8, 4) is 0 Å². The number of rotatable bonds is 5. The maximum absolute atomic E-state index is 12.9. The number of amides is 1. The molecule has 0 saturated carbocycles. The predicted molar refractivity (Wildman–Crippen MR) is 90.7 cm³/mol. The molecule has 0 fully saturated rings. The van der Waals surface area contributed by atoms with Crippen LogP contribution in [0.2, 0.25) is 0 Å². The summed E-state index contributed by atoms with van der Waals surface area (Å²) < 4.78 is 0. The second kappa shape index (κ2) is 7.36. The van der Waals surface area contributed by atoms with Crippen LogP contribution in [0.25, 0.3) is 0 Å². The number of carbonyl (C=O) groups excluding carboxylic acids is 1. The second-order valence-corrected chi connectivity index (χ2v) is 5.37. The highest BCUT2D eigenvalue weighted by Crippen LogP contribution is 2.13. The van der Waals surface area contributed by atoms with Crippen molar-refractivity contribution in [2.45, 2.75) is 13.1 Å². The topological polar surface area (TPSA) is 33.2 Å². The van der Waals surface area contributed by atoms with Gasteiger partial charge in [0.2, 0.25) is 0 Å². The van der Waals surface area contributed by atoms with Gasteiger partial charge in [-0.1, -0.05) is 54.6 Å². The molecule has 0 atom stereocenters. The first-order valence-electron chi connectivity index (χ1n) is 7.60. The van der Waals surface area contributed by atoms with Crippen LogP contribution in [0.4, 0.5) is 0 Å². The Labute approximate surface area is 136 Å². The Balaban J connectivity index is 1.85. The van der Waals surface area contributed by atoms with Crippen molar-refractivity contribution < 1.29 is 4.79 Å². The van der Waals surface area contributed by atoms with Gasteiger partial charge in [-0.05, 0) is 29.3 Å². The molecule has 0 aliphatic carbocycles. The Morgan fingerprint density at radius 3 is 2.04 bits per heavy atom. The minimum absolute atomic E-state index is 0.0262. The molecule has 3 heteroatoms. The Morgan fingerprint density at radius 1 is 0.783 bits per heavy atom. The first kappa shape index (κ1) is 15.0. The van der Waals surface area contributed by atoms with Crippen LogP contribution in [0, 0.1) is 0 Å². The van der Waals surface area contributed by atoms with Crippen molar-refractivity contribution in [2.75, 3.05) is 0 Å².